The van der Waals surface area contributed by atoms with Crippen LogP contribution in [-0.4, -0.2) is 46.2 Å². The van der Waals surface area contributed by atoms with E-state index in [1.807, 2.05) is 32.2 Å². The number of amides is 1. The van der Waals surface area contributed by atoms with Gasteiger partial charge in [0.1, 0.15) is 5.75 Å². The van der Waals surface area contributed by atoms with Gasteiger partial charge in [0.05, 0.1) is 12.8 Å². The molecule has 1 aromatic rings. The Morgan fingerprint density at radius 2 is 2.23 bits per heavy atom. The minimum atomic E-state index is 0.0109. The van der Waals surface area contributed by atoms with Gasteiger partial charge in [-0.15, -0.1) is 0 Å². The Balaban J connectivity index is 1.84. The second-order valence-electron chi connectivity index (χ2n) is 5.98. The predicted octanol–water partition coefficient (Wildman–Crippen LogP) is 1.49. The number of para-hydroxylation sites is 2. The Morgan fingerprint density at radius 3 is 2.95 bits per heavy atom. The predicted molar refractivity (Wildman–Crippen MR) is 89.4 cm³/mol. The number of ether oxygens (including phenoxy) is 1. The minimum absolute atomic E-state index is 0.0109. The highest BCUT2D eigenvalue weighted by atomic mass is 16.5. The van der Waals surface area contributed by atoms with E-state index < -0.39 is 0 Å². The SMILES string of the molecule is CNCC(C)C(=O)NCC1CCN(c2ccccc2OC)C1. The lowest BCUT2D eigenvalue weighted by atomic mass is 10.1. The van der Waals surface area contributed by atoms with Crippen LogP contribution in [0.15, 0.2) is 24.3 Å². The molecule has 1 saturated heterocycles. The molecule has 5 nitrogen and oxygen atoms in total. The molecule has 0 aliphatic carbocycles. The zero-order valence-corrected chi connectivity index (χ0v) is 13.8. The van der Waals surface area contributed by atoms with Crippen LogP contribution >= 0.6 is 0 Å². The van der Waals surface area contributed by atoms with E-state index >= 15 is 0 Å². The number of methoxy groups -OCH3 is 1. The summed E-state index contributed by atoms with van der Waals surface area (Å²) in [4.78, 5) is 14.3. The lowest BCUT2D eigenvalue weighted by molar-refractivity contribution is -0.124. The fourth-order valence-electron chi connectivity index (χ4n) is 2.93. The van der Waals surface area contributed by atoms with Crippen LogP contribution in [-0.2, 0) is 4.79 Å². The smallest absolute Gasteiger partial charge is 0.224 e. The zero-order valence-electron chi connectivity index (χ0n) is 13.8. The van der Waals surface area contributed by atoms with Crippen LogP contribution in [0.2, 0.25) is 0 Å². The molecule has 0 aromatic heterocycles. The maximum atomic E-state index is 12.0. The molecular formula is C17H27N3O2. The van der Waals surface area contributed by atoms with Gasteiger partial charge >= 0.3 is 0 Å². The van der Waals surface area contributed by atoms with Crippen molar-refractivity contribution in [1.82, 2.24) is 10.6 Å². The highest BCUT2D eigenvalue weighted by molar-refractivity contribution is 5.78. The van der Waals surface area contributed by atoms with Gasteiger partial charge in [-0.1, -0.05) is 19.1 Å². The first kappa shape index (κ1) is 16.6. The molecule has 1 aromatic carbocycles. The molecule has 1 amide bonds. The maximum Gasteiger partial charge on any atom is 0.224 e. The number of carbonyl (C=O) groups is 1. The van der Waals surface area contributed by atoms with Gasteiger partial charge in [0.25, 0.3) is 0 Å². The second-order valence-corrected chi connectivity index (χ2v) is 5.98. The number of rotatable bonds is 7. The molecule has 2 unspecified atom stereocenters. The summed E-state index contributed by atoms with van der Waals surface area (Å²) in [5.41, 5.74) is 1.14. The first-order valence-corrected chi connectivity index (χ1v) is 7.96. The van der Waals surface area contributed by atoms with Crippen molar-refractivity contribution in [3.05, 3.63) is 24.3 Å². The summed E-state index contributed by atoms with van der Waals surface area (Å²) in [6.45, 7) is 5.37. The normalized spacial score (nSPS) is 19.0. The summed E-state index contributed by atoms with van der Waals surface area (Å²) in [6, 6.07) is 8.10. The molecule has 5 heteroatoms. The van der Waals surface area contributed by atoms with E-state index in [2.05, 4.69) is 21.6 Å². The number of anilines is 1. The first-order valence-electron chi connectivity index (χ1n) is 7.96. The van der Waals surface area contributed by atoms with Gasteiger partial charge in [-0.2, -0.15) is 0 Å². The van der Waals surface area contributed by atoms with Crippen molar-refractivity contribution >= 4 is 11.6 Å². The van der Waals surface area contributed by atoms with E-state index in [-0.39, 0.29) is 11.8 Å². The molecule has 2 atom stereocenters. The highest BCUT2D eigenvalue weighted by Gasteiger charge is 2.25. The number of benzene rings is 1. The molecule has 0 bridgehead atoms. The van der Waals surface area contributed by atoms with E-state index in [0.717, 1.165) is 37.5 Å². The zero-order chi connectivity index (χ0) is 15.9. The average molecular weight is 305 g/mol. The Labute approximate surface area is 133 Å². The number of carbonyl (C=O) groups excluding carboxylic acids is 1. The van der Waals surface area contributed by atoms with Crippen LogP contribution in [0, 0.1) is 11.8 Å². The monoisotopic (exact) mass is 305 g/mol. The molecule has 22 heavy (non-hydrogen) atoms. The standard InChI is InChI=1S/C17H27N3O2/c1-13(10-18-2)17(21)19-11-14-8-9-20(12-14)15-6-4-5-7-16(15)22-3/h4-7,13-14,18H,8-12H2,1-3H3,(H,19,21). The number of nitrogens with one attached hydrogen (secondary N) is 2. The fraction of sp³-hybridized carbons (Fsp3) is 0.588. The van der Waals surface area contributed by atoms with E-state index in [0.29, 0.717) is 12.5 Å². The topological polar surface area (TPSA) is 53.6 Å². The van der Waals surface area contributed by atoms with Crippen LogP contribution in [0.5, 0.6) is 5.75 Å². The van der Waals surface area contributed by atoms with Gasteiger partial charge in [0.2, 0.25) is 5.91 Å². The summed E-state index contributed by atoms with van der Waals surface area (Å²) in [6.07, 6.45) is 1.10. The summed E-state index contributed by atoms with van der Waals surface area (Å²) in [7, 11) is 3.57. The van der Waals surface area contributed by atoms with E-state index in [1.54, 1.807) is 7.11 Å². The Kier molecular flexibility index (Phi) is 6.07. The summed E-state index contributed by atoms with van der Waals surface area (Å²) >= 11 is 0. The summed E-state index contributed by atoms with van der Waals surface area (Å²) in [5.74, 6) is 1.55. The molecule has 2 N–H and O–H groups in total. The fourth-order valence-corrected chi connectivity index (χ4v) is 2.93. The molecule has 2 rings (SSSR count). The van der Waals surface area contributed by atoms with Crippen molar-refractivity contribution in [1.29, 1.82) is 0 Å². The molecule has 0 radical (unpaired) electrons. The van der Waals surface area contributed by atoms with Gasteiger partial charge in [-0.05, 0) is 31.5 Å². The van der Waals surface area contributed by atoms with Gasteiger partial charge < -0.3 is 20.3 Å². The third-order valence-corrected chi connectivity index (χ3v) is 4.23. The molecular weight excluding hydrogens is 278 g/mol. The minimum Gasteiger partial charge on any atom is -0.495 e. The molecule has 122 valence electrons. The lowest BCUT2D eigenvalue weighted by Gasteiger charge is -2.21. The van der Waals surface area contributed by atoms with Crippen molar-refractivity contribution in [3.63, 3.8) is 0 Å². The van der Waals surface area contributed by atoms with Crippen molar-refractivity contribution in [3.8, 4) is 5.75 Å². The van der Waals surface area contributed by atoms with Gasteiger partial charge in [0, 0.05) is 32.1 Å². The van der Waals surface area contributed by atoms with Crippen molar-refractivity contribution < 1.29 is 9.53 Å². The van der Waals surface area contributed by atoms with E-state index in [1.165, 1.54) is 0 Å². The van der Waals surface area contributed by atoms with Crippen molar-refractivity contribution in [2.45, 2.75) is 13.3 Å². The van der Waals surface area contributed by atoms with Gasteiger partial charge in [0.15, 0.2) is 0 Å². The maximum absolute atomic E-state index is 12.0. The molecule has 1 aliphatic heterocycles. The Bertz CT molecular complexity index is 493. The van der Waals surface area contributed by atoms with E-state index in [9.17, 15) is 4.79 Å². The lowest BCUT2D eigenvalue weighted by Crippen LogP contribution is -2.37. The Morgan fingerprint density at radius 1 is 1.45 bits per heavy atom. The highest BCUT2D eigenvalue weighted by Crippen LogP contribution is 2.31. The Hall–Kier alpha value is -1.75. The third-order valence-electron chi connectivity index (χ3n) is 4.23. The van der Waals surface area contributed by atoms with Crippen LogP contribution < -0.4 is 20.3 Å². The summed E-state index contributed by atoms with van der Waals surface area (Å²) < 4.78 is 5.43. The number of nitrogens with zero attached hydrogens (tertiary/aromatic N) is 1. The molecule has 0 spiro atoms. The van der Waals surface area contributed by atoms with Crippen LogP contribution in [0.25, 0.3) is 0 Å². The van der Waals surface area contributed by atoms with Crippen molar-refractivity contribution in [2.24, 2.45) is 11.8 Å². The van der Waals surface area contributed by atoms with Crippen LogP contribution in [0.1, 0.15) is 13.3 Å². The average Bonchev–Trinajstić information content (AvgIpc) is 3.01. The second kappa shape index (κ2) is 8.03. The van der Waals surface area contributed by atoms with Gasteiger partial charge in [-0.25, -0.2) is 0 Å². The van der Waals surface area contributed by atoms with Crippen LogP contribution in [0.4, 0.5) is 5.69 Å². The first-order chi connectivity index (χ1) is 10.7. The molecule has 1 heterocycles. The number of hydrogen-bond donors (Lipinski definition) is 2. The number of hydrogen-bond acceptors (Lipinski definition) is 4. The molecule has 1 aliphatic rings. The van der Waals surface area contributed by atoms with Crippen molar-refractivity contribution in [2.75, 3.05) is 45.2 Å². The van der Waals surface area contributed by atoms with Crippen LogP contribution in [0.3, 0.4) is 0 Å². The molecule has 0 saturated carbocycles. The van der Waals surface area contributed by atoms with E-state index in [4.69, 9.17) is 4.74 Å². The van der Waals surface area contributed by atoms with Gasteiger partial charge in [-0.3, -0.25) is 4.79 Å². The quantitative estimate of drug-likeness (QED) is 0.801. The summed E-state index contributed by atoms with van der Waals surface area (Å²) in [5, 5.41) is 6.11. The third kappa shape index (κ3) is 4.13. The molecule has 1 fully saturated rings. The largest absolute Gasteiger partial charge is 0.495 e.